The van der Waals surface area contributed by atoms with E-state index in [9.17, 15) is 9.18 Å². The molecule has 0 aliphatic heterocycles. The molecule has 0 saturated heterocycles. The summed E-state index contributed by atoms with van der Waals surface area (Å²) >= 11 is 3.31. The molecule has 0 radical (unpaired) electrons. The number of nitrogens with zero attached hydrogens (tertiary/aromatic N) is 1. The van der Waals surface area contributed by atoms with Crippen LogP contribution >= 0.6 is 15.9 Å². The highest BCUT2D eigenvalue weighted by Crippen LogP contribution is 2.21. The lowest BCUT2D eigenvalue weighted by molar-refractivity contribution is 0.0697. The van der Waals surface area contributed by atoms with Crippen molar-refractivity contribution in [3.8, 4) is 6.07 Å². The van der Waals surface area contributed by atoms with Crippen LogP contribution < -0.4 is 5.32 Å². The van der Waals surface area contributed by atoms with Crippen molar-refractivity contribution < 1.29 is 14.3 Å². The van der Waals surface area contributed by atoms with Crippen LogP contribution in [-0.4, -0.2) is 11.1 Å². The standard InChI is InChI=1S/C15H10BrFN2O2/c16-13-6-9(15(20)21)1-2-10(13)8-19-12-3-4-14(17)11(5-12)7-18/h1-6,19H,8H2,(H,20,21). The fourth-order valence-electron chi connectivity index (χ4n) is 1.74. The van der Waals surface area contributed by atoms with Crippen LogP contribution in [0.5, 0.6) is 0 Å². The average molecular weight is 349 g/mol. The molecular weight excluding hydrogens is 339 g/mol. The summed E-state index contributed by atoms with van der Waals surface area (Å²) in [6.45, 7) is 0.414. The Kier molecular flexibility index (Phi) is 4.55. The summed E-state index contributed by atoms with van der Waals surface area (Å²) in [5.74, 6) is -1.55. The maximum Gasteiger partial charge on any atom is 0.335 e. The third-order valence-electron chi connectivity index (χ3n) is 2.87. The lowest BCUT2D eigenvalue weighted by Crippen LogP contribution is -2.03. The lowest BCUT2D eigenvalue weighted by atomic mass is 10.1. The van der Waals surface area contributed by atoms with Gasteiger partial charge in [-0.3, -0.25) is 0 Å². The highest BCUT2D eigenvalue weighted by Gasteiger charge is 2.07. The number of carboxylic acid groups (broad SMARTS) is 1. The van der Waals surface area contributed by atoms with Crippen molar-refractivity contribution in [3.05, 3.63) is 63.4 Å². The van der Waals surface area contributed by atoms with E-state index in [1.54, 1.807) is 12.1 Å². The molecule has 0 bridgehead atoms. The van der Waals surface area contributed by atoms with Crippen molar-refractivity contribution in [1.82, 2.24) is 0 Å². The molecule has 0 amide bonds. The predicted molar refractivity (Wildman–Crippen MR) is 79.5 cm³/mol. The van der Waals surface area contributed by atoms with Gasteiger partial charge < -0.3 is 10.4 Å². The van der Waals surface area contributed by atoms with Gasteiger partial charge >= 0.3 is 5.97 Å². The maximum atomic E-state index is 13.2. The van der Waals surface area contributed by atoms with Crippen LogP contribution in [0.25, 0.3) is 0 Å². The van der Waals surface area contributed by atoms with Crippen molar-refractivity contribution in [2.75, 3.05) is 5.32 Å². The Hall–Kier alpha value is -2.39. The van der Waals surface area contributed by atoms with Crippen molar-refractivity contribution >= 4 is 27.6 Å². The van der Waals surface area contributed by atoms with E-state index in [0.717, 1.165) is 5.56 Å². The van der Waals surface area contributed by atoms with Crippen molar-refractivity contribution in [3.63, 3.8) is 0 Å². The average Bonchev–Trinajstić information content (AvgIpc) is 2.47. The Morgan fingerprint density at radius 3 is 2.71 bits per heavy atom. The van der Waals surface area contributed by atoms with E-state index in [1.165, 1.54) is 30.3 Å². The number of halogens is 2. The second-order valence-electron chi connectivity index (χ2n) is 4.27. The zero-order valence-corrected chi connectivity index (χ0v) is 12.3. The summed E-state index contributed by atoms with van der Waals surface area (Å²) in [6.07, 6.45) is 0. The highest BCUT2D eigenvalue weighted by atomic mass is 79.9. The Labute approximate surface area is 129 Å². The highest BCUT2D eigenvalue weighted by molar-refractivity contribution is 9.10. The van der Waals surface area contributed by atoms with Gasteiger partial charge in [-0.25, -0.2) is 9.18 Å². The molecule has 21 heavy (non-hydrogen) atoms. The van der Waals surface area contributed by atoms with Crippen LogP contribution in [0.2, 0.25) is 0 Å². The molecule has 2 aromatic carbocycles. The summed E-state index contributed by atoms with van der Waals surface area (Å²) < 4.78 is 13.9. The van der Waals surface area contributed by atoms with Gasteiger partial charge in [0.15, 0.2) is 0 Å². The molecule has 2 rings (SSSR count). The number of carboxylic acids is 1. The topological polar surface area (TPSA) is 73.1 Å². The largest absolute Gasteiger partial charge is 0.478 e. The number of hydrogen-bond donors (Lipinski definition) is 2. The third-order valence-corrected chi connectivity index (χ3v) is 3.61. The Morgan fingerprint density at radius 1 is 1.33 bits per heavy atom. The SMILES string of the molecule is N#Cc1cc(NCc2ccc(C(=O)O)cc2Br)ccc1F. The van der Waals surface area contributed by atoms with Crippen LogP contribution in [0.4, 0.5) is 10.1 Å². The lowest BCUT2D eigenvalue weighted by Gasteiger charge is -2.09. The fraction of sp³-hybridized carbons (Fsp3) is 0.0667. The first-order valence-corrected chi connectivity index (χ1v) is 6.76. The van der Waals surface area contributed by atoms with E-state index < -0.39 is 11.8 Å². The number of rotatable bonds is 4. The quantitative estimate of drug-likeness (QED) is 0.881. The molecule has 2 aromatic rings. The van der Waals surface area contributed by atoms with Crippen LogP contribution in [-0.2, 0) is 6.54 Å². The van der Waals surface area contributed by atoms with Gasteiger partial charge in [-0.2, -0.15) is 5.26 Å². The zero-order valence-electron chi connectivity index (χ0n) is 10.7. The minimum Gasteiger partial charge on any atom is -0.478 e. The predicted octanol–water partition coefficient (Wildman–Crippen LogP) is 3.77. The first-order chi connectivity index (χ1) is 10.0. The van der Waals surface area contributed by atoms with Gasteiger partial charge in [0.05, 0.1) is 11.1 Å². The van der Waals surface area contributed by atoms with Crippen molar-refractivity contribution in [2.24, 2.45) is 0 Å². The number of hydrogen-bond acceptors (Lipinski definition) is 3. The van der Waals surface area contributed by atoms with Crippen LogP contribution in [0, 0.1) is 17.1 Å². The van der Waals surface area contributed by atoms with Gasteiger partial charge in [0.25, 0.3) is 0 Å². The molecule has 0 saturated carbocycles. The van der Waals surface area contributed by atoms with Gasteiger partial charge in [0.2, 0.25) is 0 Å². The monoisotopic (exact) mass is 348 g/mol. The molecule has 0 aliphatic carbocycles. The fourth-order valence-corrected chi connectivity index (χ4v) is 2.26. The van der Waals surface area contributed by atoms with E-state index in [1.807, 2.05) is 0 Å². The Morgan fingerprint density at radius 2 is 2.10 bits per heavy atom. The molecule has 4 nitrogen and oxygen atoms in total. The first kappa shape index (κ1) is 15.0. The smallest absolute Gasteiger partial charge is 0.335 e. The summed E-state index contributed by atoms with van der Waals surface area (Å²) in [4.78, 5) is 10.8. The molecule has 0 aromatic heterocycles. The molecule has 106 valence electrons. The van der Waals surface area contributed by atoms with Gasteiger partial charge in [0, 0.05) is 16.7 Å². The molecule has 0 heterocycles. The summed E-state index contributed by atoms with van der Waals surface area (Å²) in [6, 6.07) is 10.7. The normalized spacial score (nSPS) is 9.95. The first-order valence-electron chi connectivity index (χ1n) is 5.96. The van der Waals surface area contributed by atoms with Gasteiger partial charge in [-0.05, 0) is 35.9 Å². The maximum absolute atomic E-state index is 13.2. The number of carbonyl (C=O) groups is 1. The van der Waals surface area contributed by atoms with E-state index in [-0.39, 0.29) is 11.1 Å². The van der Waals surface area contributed by atoms with Gasteiger partial charge in [-0.15, -0.1) is 0 Å². The molecule has 0 fully saturated rings. The number of benzene rings is 2. The minimum absolute atomic E-state index is 0.0275. The summed E-state index contributed by atoms with van der Waals surface area (Å²) in [5.41, 5.74) is 1.63. The van der Waals surface area contributed by atoms with E-state index in [4.69, 9.17) is 10.4 Å². The summed E-state index contributed by atoms with van der Waals surface area (Å²) in [7, 11) is 0. The molecule has 0 unspecified atom stereocenters. The Bertz CT molecular complexity index is 741. The number of aromatic carboxylic acids is 1. The minimum atomic E-state index is -0.993. The third kappa shape index (κ3) is 3.58. The molecule has 0 spiro atoms. The Balaban J connectivity index is 2.13. The second-order valence-corrected chi connectivity index (χ2v) is 5.13. The molecule has 6 heteroatoms. The number of nitrogens with one attached hydrogen (secondary N) is 1. The van der Waals surface area contributed by atoms with Crippen LogP contribution in [0.15, 0.2) is 40.9 Å². The summed E-state index contributed by atoms with van der Waals surface area (Å²) in [5, 5.41) is 20.7. The zero-order chi connectivity index (χ0) is 15.4. The van der Waals surface area contributed by atoms with Gasteiger partial charge in [0.1, 0.15) is 11.9 Å². The number of anilines is 1. The van der Waals surface area contributed by atoms with E-state index in [0.29, 0.717) is 16.7 Å². The van der Waals surface area contributed by atoms with E-state index >= 15 is 0 Å². The molecule has 0 aliphatic rings. The van der Waals surface area contributed by atoms with Crippen LogP contribution in [0.3, 0.4) is 0 Å². The van der Waals surface area contributed by atoms with Crippen LogP contribution in [0.1, 0.15) is 21.5 Å². The number of nitriles is 1. The molecule has 2 N–H and O–H groups in total. The van der Waals surface area contributed by atoms with Crippen molar-refractivity contribution in [2.45, 2.75) is 6.54 Å². The van der Waals surface area contributed by atoms with Gasteiger partial charge in [-0.1, -0.05) is 22.0 Å². The molecular formula is C15H10BrFN2O2. The molecule has 0 atom stereocenters. The second kappa shape index (κ2) is 6.37. The van der Waals surface area contributed by atoms with Crippen molar-refractivity contribution in [1.29, 1.82) is 5.26 Å². The van der Waals surface area contributed by atoms with E-state index in [2.05, 4.69) is 21.2 Å².